The van der Waals surface area contributed by atoms with Gasteiger partial charge in [-0.25, -0.2) is 8.42 Å². The van der Waals surface area contributed by atoms with Gasteiger partial charge in [0, 0.05) is 29.1 Å². The highest BCUT2D eigenvalue weighted by Crippen LogP contribution is 2.24. The third-order valence-corrected chi connectivity index (χ3v) is 7.52. The van der Waals surface area contributed by atoms with E-state index in [1.54, 1.807) is 42.5 Å². The highest BCUT2D eigenvalue weighted by atomic mass is 35.5. The van der Waals surface area contributed by atoms with Crippen LogP contribution in [0, 0.1) is 0 Å². The zero-order chi connectivity index (χ0) is 27.9. The molecule has 10 heteroatoms. The smallest absolute Gasteiger partial charge is 0.244 e. The summed E-state index contributed by atoms with van der Waals surface area (Å²) >= 11 is 12.5. The molecule has 3 rings (SSSR count). The number of amides is 2. The van der Waals surface area contributed by atoms with Gasteiger partial charge in [0.25, 0.3) is 0 Å². The van der Waals surface area contributed by atoms with Gasteiger partial charge >= 0.3 is 0 Å². The molecular formula is C28H31Cl2N3O4S. The first-order chi connectivity index (χ1) is 18.0. The maximum absolute atomic E-state index is 14.0. The Hall–Kier alpha value is -3.07. The molecule has 1 unspecified atom stereocenters. The Morgan fingerprint density at radius 1 is 0.921 bits per heavy atom. The van der Waals surface area contributed by atoms with Crippen molar-refractivity contribution in [3.8, 4) is 0 Å². The molecule has 0 spiro atoms. The van der Waals surface area contributed by atoms with Crippen molar-refractivity contribution >= 4 is 50.7 Å². The highest BCUT2D eigenvalue weighted by molar-refractivity contribution is 7.92. The molecule has 3 aromatic rings. The summed E-state index contributed by atoms with van der Waals surface area (Å²) in [4.78, 5) is 28.8. The topological polar surface area (TPSA) is 86.8 Å². The minimum Gasteiger partial charge on any atom is -0.352 e. The van der Waals surface area contributed by atoms with Crippen LogP contribution in [0.5, 0.6) is 0 Å². The average molecular weight is 577 g/mol. The highest BCUT2D eigenvalue weighted by Gasteiger charge is 2.33. The molecule has 38 heavy (non-hydrogen) atoms. The number of benzene rings is 3. The van der Waals surface area contributed by atoms with Crippen molar-refractivity contribution in [1.82, 2.24) is 10.2 Å². The molecule has 1 N–H and O–H groups in total. The first-order valence-electron chi connectivity index (χ1n) is 12.1. The van der Waals surface area contributed by atoms with Crippen LogP contribution >= 0.6 is 23.2 Å². The second-order valence-electron chi connectivity index (χ2n) is 9.23. The van der Waals surface area contributed by atoms with Crippen LogP contribution in [0.15, 0.2) is 78.9 Å². The summed E-state index contributed by atoms with van der Waals surface area (Å²) in [6, 6.07) is 21.5. The van der Waals surface area contributed by atoms with E-state index in [0.717, 1.165) is 16.1 Å². The van der Waals surface area contributed by atoms with E-state index in [4.69, 9.17) is 23.2 Å². The van der Waals surface area contributed by atoms with Gasteiger partial charge in [0.2, 0.25) is 21.8 Å². The van der Waals surface area contributed by atoms with E-state index in [0.29, 0.717) is 15.6 Å². The van der Waals surface area contributed by atoms with Crippen LogP contribution in [0.25, 0.3) is 0 Å². The maximum atomic E-state index is 14.0. The molecule has 1 atom stereocenters. The SMILES string of the molecule is CC(C)NC(=O)C(Cc1ccccc1)N(Cc1ccccc1Cl)C(=O)CN(c1cccc(Cl)c1)S(C)(=O)=O. The standard InChI is InChI=1S/C28H31Cl2N3O4S/c1-20(2)31-28(35)26(16-21-10-5-4-6-11-21)32(18-22-12-7-8-15-25(22)30)27(34)19-33(38(3,36)37)24-14-9-13-23(29)17-24/h4-15,17,20,26H,16,18-19H2,1-3H3,(H,31,35). The molecule has 0 aromatic heterocycles. The van der Waals surface area contributed by atoms with Gasteiger partial charge in [-0.2, -0.15) is 0 Å². The monoisotopic (exact) mass is 575 g/mol. The Morgan fingerprint density at radius 2 is 1.58 bits per heavy atom. The maximum Gasteiger partial charge on any atom is 0.244 e. The number of carbonyl (C=O) groups excluding carboxylic acids is 2. The van der Waals surface area contributed by atoms with Gasteiger partial charge in [0.05, 0.1) is 11.9 Å². The summed E-state index contributed by atoms with van der Waals surface area (Å²) in [7, 11) is -3.87. The second-order valence-corrected chi connectivity index (χ2v) is 12.0. The molecule has 3 aromatic carbocycles. The fourth-order valence-corrected chi connectivity index (χ4v) is 5.21. The third-order valence-electron chi connectivity index (χ3n) is 5.78. The largest absolute Gasteiger partial charge is 0.352 e. The van der Waals surface area contributed by atoms with Gasteiger partial charge in [0.1, 0.15) is 12.6 Å². The van der Waals surface area contributed by atoms with Gasteiger partial charge in [-0.15, -0.1) is 0 Å². The summed E-state index contributed by atoms with van der Waals surface area (Å²) in [6.07, 6.45) is 1.25. The first kappa shape index (κ1) is 29.5. The Bertz CT molecular complexity index is 1370. The van der Waals surface area contributed by atoms with Crippen LogP contribution in [-0.4, -0.2) is 50.0 Å². The van der Waals surface area contributed by atoms with Crippen LogP contribution in [-0.2, 0) is 32.6 Å². The van der Waals surface area contributed by atoms with Crippen molar-refractivity contribution in [3.63, 3.8) is 0 Å². The number of sulfonamides is 1. The minimum atomic E-state index is -3.87. The van der Waals surface area contributed by atoms with Crippen molar-refractivity contribution in [3.05, 3.63) is 100 Å². The van der Waals surface area contributed by atoms with Crippen LogP contribution in [0.3, 0.4) is 0 Å². The summed E-state index contributed by atoms with van der Waals surface area (Å²) in [5, 5.41) is 3.67. The Balaban J connectivity index is 2.07. The van der Waals surface area contributed by atoms with Gasteiger partial charge < -0.3 is 10.2 Å². The molecule has 202 valence electrons. The lowest BCUT2D eigenvalue weighted by Crippen LogP contribution is -2.54. The summed E-state index contributed by atoms with van der Waals surface area (Å²) in [5.74, 6) is -0.909. The van der Waals surface area contributed by atoms with E-state index in [-0.39, 0.29) is 30.6 Å². The van der Waals surface area contributed by atoms with E-state index in [1.807, 2.05) is 44.2 Å². The van der Waals surface area contributed by atoms with Crippen LogP contribution < -0.4 is 9.62 Å². The molecular weight excluding hydrogens is 545 g/mol. The summed E-state index contributed by atoms with van der Waals surface area (Å²) < 4.78 is 26.5. The number of nitrogens with one attached hydrogen (secondary N) is 1. The number of hydrogen-bond donors (Lipinski definition) is 1. The molecule has 0 bridgehead atoms. The average Bonchev–Trinajstić information content (AvgIpc) is 2.85. The lowest BCUT2D eigenvalue weighted by Gasteiger charge is -2.34. The lowest BCUT2D eigenvalue weighted by atomic mass is 10.0. The number of rotatable bonds is 11. The fourth-order valence-electron chi connectivity index (χ4n) is 3.99. The van der Waals surface area contributed by atoms with Gasteiger partial charge in [-0.05, 0) is 49.2 Å². The molecule has 0 aliphatic carbocycles. The number of halogens is 2. The minimum absolute atomic E-state index is 0.00860. The third kappa shape index (κ3) is 8.21. The summed E-state index contributed by atoms with van der Waals surface area (Å²) in [6.45, 7) is 3.16. The summed E-state index contributed by atoms with van der Waals surface area (Å²) in [5.41, 5.74) is 1.73. The normalized spacial score (nSPS) is 12.2. The molecule has 0 fully saturated rings. The molecule has 0 radical (unpaired) electrons. The van der Waals surface area contributed by atoms with E-state index >= 15 is 0 Å². The quantitative estimate of drug-likeness (QED) is 0.351. The van der Waals surface area contributed by atoms with Crippen LogP contribution in [0.1, 0.15) is 25.0 Å². The molecule has 0 aliphatic rings. The second kappa shape index (κ2) is 13.1. The number of anilines is 1. The lowest BCUT2D eigenvalue weighted by molar-refractivity contribution is -0.140. The molecule has 0 saturated carbocycles. The zero-order valence-corrected chi connectivity index (χ0v) is 23.8. The van der Waals surface area contributed by atoms with Crippen molar-refractivity contribution in [1.29, 1.82) is 0 Å². The zero-order valence-electron chi connectivity index (χ0n) is 21.5. The van der Waals surface area contributed by atoms with Crippen molar-refractivity contribution in [2.24, 2.45) is 0 Å². The molecule has 0 heterocycles. The van der Waals surface area contributed by atoms with Crippen molar-refractivity contribution < 1.29 is 18.0 Å². The predicted molar refractivity (Wildman–Crippen MR) is 153 cm³/mol. The number of hydrogen-bond acceptors (Lipinski definition) is 4. The van der Waals surface area contributed by atoms with E-state index in [1.165, 1.54) is 11.0 Å². The van der Waals surface area contributed by atoms with E-state index in [2.05, 4.69) is 5.32 Å². The van der Waals surface area contributed by atoms with Crippen molar-refractivity contribution in [2.45, 2.75) is 38.9 Å². The molecule has 7 nitrogen and oxygen atoms in total. The van der Waals surface area contributed by atoms with Gasteiger partial charge in [0.15, 0.2) is 0 Å². The molecule has 0 aliphatic heterocycles. The Labute approximate surface area is 234 Å². The number of carbonyl (C=O) groups is 2. The van der Waals surface area contributed by atoms with Crippen LogP contribution in [0.4, 0.5) is 5.69 Å². The molecule has 0 saturated heterocycles. The van der Waals surface area contributed by atoms with Gasteiger partial charge in [-0.3, -0.25) is 13.9 Å². The number of nitrogens with zero attached hydrogens (tertiary/aromatic N) is 2. The van der Waals surface area contributed by atoms with E-state index in [9.17, 15) is 18.0 Å². The van der Waals surface area contributed by atoms with Gasteiger partial charge in [-0.1, -0.05) is 77.8 Å². The van der Waals surface area contributed by atoms with E-state index < -0.39 is 28.5 Å². The fraction of sp³-hybridized carbons (Fsp3) is 0.286. The Morgan fingerprint density at radius 3 is 2.18 bits per heavy atom. The predicted octanol–water partition coefficient (Wildman–Crippen LogP) is 4.92. The molecule has 2 amide bonds. The van der Waals surface area contributed by atoms with Crippen LogP contribution in [0.2, 0.25) is 10.0 Å². The Kier molecular flexibility index (Phi) is 10.2. The first-order valence-corrected chi connectivity index (χ1v) is 14.7. The van der Waals surface area contributed by atoms with Crippen molar-refractivity contribution in [2.75, 3.05) is 17.1 Å².